The van der Waals surface area contributed by atoms with E-state index >= 15 is 0 Å². The van der Waals surface area contributed by atoms with Crippen LogP contribution in [0.15, 0.2) is 0 Å². The molecule has 0 spiro atoms. The maximum atomic E-state index is 11.9. The highest BCUT2D eigenvalue weighted by atomic mass is 35.5. The predicted octanol–water partition coefficient (Wildman–Crippen LogP) is 1.05. The van der Waals surface area contributed by atoms with Crippen molar-refractivity contribution < 1.29 is 14.3 Å². The topological polar surface area (TPSA) is 64.8 Å². The van der Waals surface area contributed by atoms with Gasteiger partial charge in [0.1, 0.15) is 0 Å². The first-order chi connectivity index (χ1) is 8.67. The van der Waals surface area contributed by atoms with Gasteiger partial charge >= 0.3 is 0 Å². The van der Waals surface area contributed by atoms with Crippen LogP contribution in [-0.2, 0) is 14.3 Å². The fourth-order valence-electron chi connectivity index (χ4n) is 2.15. The van der Waals surface area contributed by atoms with Crippen molar-refractivity contribution in [2.75, 3.05) is 40.5 Å². The number of ether oxygens (including phenoxy) is 2. The van der Waals surface area contributed by atoms with Crippen LogP contribution in [0.1, 0.15) is 25.7 Å². The van der Waals surface area contributed by atoms with E-state index < -0.39 is 0 Å². The number of halogens is 1. The highest BCUT2D eigenvalue weighted by Gasteiger charge is 2.18. The van der Waals surface area contributed by atoms with Crippen LogP contribution in [0.3, 0.4) is 0 Å². The smallest absolute Gasteiger partial charge is 0.224 e. The fourth-order valence-corrected chi connectivity index (χ4v) is 2.15. The minimum absolute atomic E-state index is 0. The largest absolute Gasteiger partial charge is 0.381 e. The molecule has 114 valence electrons. The summed E-state index contributed by atoms with van der Waals surface area (Å²) < 4.78 is 10.5. The maximum absolute atomic E-state index is 11.9. The molecule has 0 aromatic rings. The first kappa shape index (κ1) is 18.6. The number of nitrogens with zero attached hydrogens (tertiary/aromatic N) is 1. The van der Waals surface area contributed by atoms with Gasteiger partial charge in [-0.15, -0.1) is 12.4 Å². The zero-order chi connectivity index (χ0) is 13.4. The summed E-state index contributed by atoms with van der Waals surface area (Å²) in [5, 5.41) is 0. The van der Waals surface area contributed by atoms with E-state index in [0.717, 1.165) is 39.0 Å². The summed E-state index contributed by atoms with van der Waals surface area (Å²) in [6.07, 6.45) is 3.50. The van der Waals surface area contributed by atoms with Crippen LogP contribution in [0.4, 0.5) is 0 Å². The minimum atomic E-state index is -0.164. The summed E-state index contributed by atoms with van der Waals surface area (Å²) in [6, 6.07) is 0. The molecule has 0 radical (unpaired) electrons. The molecule has 1 fully saturated rings. The Morgan fingerprint density at radius 2 is 2.11 bits per heavy atom. The number of methoxy groups -OCH3 is 1. The van der Waals surface area contributed by atoms with Crippen LogP contribution in [0.25, 0.3) is 0 Å². The Morgan fingerprint density at radius 1 is 1.47 bits per heavy atom. The standard InChI is InChI=1S/C13H26N2O3.ClH/c1-15(13(16)9-12(10-14)17-2)6-3-11-4-7-18-8-5-11;/h11-12H,3-10,14H2,1-2H3;1H. The summed E-state index contributed by atoms with van der Waals surface area (Å²) >= 11 is 0. The number of hydrogen-bond donors (Lipinski definition) is 1. The van der Waals surface area contributed by atoms with E-state index in [0.29, 0.717) is 18.9 Å². The van der Waals surface area contributed by atoms with E-state index in [-0.39, 0.29) is 24.4 Å². The van der Waals surface area contributed by atoms with Crippen molar-refractivity contribution in [3.8, 4) is 0 Å². The molecule has 1 rings (SSSR count). The van der Waals surface area contributed by atoms with Crippen LogP contribution in [0.5, 0.6) is 0 Å². The number of carbonyl (C=O) groups excluding carboxylic acids is 1. The molecule has 5 nitrogen and oxygen atoms in total. The van der Waals surface area contributed by atoms with Crippen LogP contribution >= 0.6 is 12.4 Å². The lowest BCUT2D eigenvalue weighted by molar-refractivity contribution is -0.132. The number of amides is 1. The lowest BCUT2D eigenvalue weighted by Gasteiger charge is -2.25. The Morgan fingerprint density at radius 3 is 2.63 bits per heavy atom. The van der Waals surface area contributed by atoms with Gasteiger partial charge in [0.25, 0.3) is 0 Å². The molecule has 19 heavy (non-hydrogen) atoms. The van der Waals surface area contributed by atoms with Crippen molar-refractivity contribution in [1.29, 1.82) is 0 Å². The SMILES string of the molecule is COC(CN)CC(=O)N(C)CCC1CCOCC1.Cl. The summed E-state index contributed by atoms with van der Waals surface area (Å²) in [6.45, 7) is 2.92. The van der Waals surface area contributed by atoms with Gasteiger partial charge in [-0.05, 0) is 25.2 Å². The molecular weight excluding hydrogens is 268 g/mol. The Hall–Kier alpha value is -0.360. The van der Waals surface area contributed by atoms with Gasteiger partial charge in [0.05, 0.1) is 12.5 Å². The normalized spacial score (nSPS) is 17.6. The van der Waals surface area contributed by atoms with E-state index in [4.69, 9.17) is 15.2 Å². The molecule has 0 aromatic carbocycles. The van der Waals surface area contributed by atoms with Gasteiger partial charge in [0.2, 0.25) is 5.91 Å². The zero-order valence-electron chi connectivity index (χ0n) is 12.0. The Labute approximate surface area is 122 Å². The van der Waals surface area contributed by atoms with E-state index in [9.17, 15) is 4.79 Å². The quantitative estimate of drug-likeness (QED) is 0.762. The lowest BCUT2D eigenvalue weighted by Crippen LogP contribution is -2.35. The molecule has 1 amide bonds. The Kier molecular flexibility index (Phi) is 10.2. The van der Waals surface area contributed by atoms with Gasteiger partial charge in [-0.2, -0.15) is 0 Å². The van der Waals surface area contributed by atoms with Crippen molar-refractivity contribution in [3.63, 3.8) is 0 Å². The highest BCUT2D eigenvalue weighted by molar-refractivity contribution is 5.85. The average molecular weight is 295 g/mol. The molecule has 1 unspecified atom stereocenters. The lowest BCUT2D eigenvalue weighted by atomic mass is 9.96. The fraction of sp³-hybridized carbons (Fsp3) is 0.923. The molecule has 0 aromatic heterocycles. The number of carbonyl (C=O) groups is 1. The van der Waals surface area contributed by atoms with E-state index in [2.05, 4.69) is 0 Å². The second-order valence-electron chi connectivity index (χ2n) is 4.96. The van der Waals surface area contributed by atoms with Crippen molar-refractivity contribution in [3.05, 3.63) is 0 Å². The molecule has 1 heterocycles. The third-order valence-electron chi connectivity index (χ3n) is 3.64. The van der Waals surface area contributed by atoms with Gasteiger partial charge in [-0.3, -0.25) is 4.79 Å². The summed E-state index contributed by atoms with van der Waals surface area (Å²) in [5.74, 6) is 0.807. The number of hydrogen-bond acceptors (Lipinski definition) is 4. The van der Waals surface area contributed by atoms with Crippen molar-refractivity contribution in [2.45, 2.75) is 31.8 Å². The maximum Gasteiger partial charge on any atom is 0.224 e. The molecule has 0 saturated carbocycles. The van der Waals surface area contributed by atoms with Crippen molar-refractivity contribution in [2.24, 2.45) is 11.7 Å². The first-order valence-electron chi connectivity index (χ1n) is 6.72. The van der Waals surface area contributed by atoms with E-state index in [1.165, 1.54) is 0 Å². The molecule has 6 heteroatoms. The molecule has 1 aliphatic rings. The van der Waals surface area contributed by atoms with E-state index in [1.807, 2.05) is 7.05 Å². The molecule has 1 saturated heterocycles. The van der Waals surface area contributed by atoms with Crippen LogP contribution in [0.2, 0.25) is 0 Å². The second-order valence-corrected chi connectivity index (χ2v) is 4.96. The van der Waals surface area contributed by atoms with Crippen LogP contribution in [0, 0.1) is 5.92 Å². The summed E-state index contributed by atoms with van der Waals surface area (Å²) in [5.41, 5.74) is 5.51. The van der Waals surface area contributed by atoms with Crippen molar-refractivity contribution >= 4 is 18.3 Å². The van der Waals surface area contributed by atoms with Crippen molar-refractivity contribution in [1.82, 2.24) is 4.90 Å². The third kappa shape index (κ3) is 7.11. The zero-order valence-corrected chi connectivity index (χ0v) is 12.8. The monoisotopic (exact) mass is 294 g/mol. The van der Waals surface area contributed by atoms with Crippen LogP contribution in [-0.4, -0.2) is 57.4 Å². The van der Waals surface area contributed by atoms with E-state index in [1.54, 1.807) is 12.0 Å². The van der Waals surface area contributed by atoms with Gasteiger partial charge in [-0.1, -0.05) is 0 Å². The second kappa shape index (κ2) is 10.4. The summed E-state index contributed by atoms with van der Waals surface area (Å²) in [4.78, 5) is 13.7. The van der Waals surface area contributed by atoms with Crippen LogP contribution < -0.4 is 5.73 Å². The molecule has 0 bridgehead atoms. The molecule has 0 aliphatic carbocycles. The van der Waals surface area contributed by atoms with Gasteiger partial charge in [0, 0.05) is 40.5 Å². The Balaban J connectivity index is 0.00000324. The third-order valence-corrected chi connectivity index (χ3v) is 3.64. The average Bonchev–Trinajstić information content (AvgIpc) is 2.42. The summed E-state index contributed by atoms with van der Waals surface area (Å²) in [7, 11) is 3.44. The molecular formula is C13H27ClN2O3. The minimum Gasteiger partial charge on any atom is -0.381 e. The van der Waals surface area contributed by atoms with Gasteiger partial charge < -0.3 is 20.1 Å². The predicted molar refractivity (Wildman–Crippen MR) is 77.5 cm³/mol. The Bertz CT molecular complexity index is 244. The first-order valence-corrected chi connectivity index (χ1v) is 6.72. The molecule has 1 atom stereocenters. The molecule has 2 N–H and O–H groups in total. The number of rotatable bonds is 7. The van der Waals surface area contributed by atoms with Gasteiger partial charge in [-0.25, -0.2) is 0 Å². The van der Waals surface area contributed by atoms with Gasteiger partial charge in [0.15, 0.2) is 0 Å². The molecule has 1 aliphatic heterocycles. The number of nitrogens with two attached hydrogens (primary N) is 1. The highest BCUT2D eigenvalue weighted by Crippen LogP contribution is 2.18.